The molecule has 0 aliphatic carbocycles. The summed E-state index contributed by atoms with van der Waals surface area (Å²) in [5.41, 5.74) is 2.00. The van der Waals surface area contributed by atoms with Crippen molar-refractivity contribution in [2.45, 2.75) is 26.3 Å². The summed E-state index contributed by atoms with van der Waals surface area (Å²) in [6.45, 7) is 5.71. The van der Waals surface area contributed by atoms with E-state index >= 15 is 0 Å². The lowest BCUT2D eigenvalue weighted by molar-refractivity contribution is -0.385. The summed E-state index contributed by atoms with van der Waals surface area (Å²) in [5, 5.41) is 17.7. The van der Waals surface area contributed by atoms with Crippen LogP contribution in [0.2, 0.25) is 0 Å². The Morgan fingerprint density at radius 3 is 2.84 bits per heavy atom. The predicted octanol–water partition coefficient (Wildman–Crippen LogP) is 1.99. The molecule has 2 N–H and O–H groups in total. The number of rotatable bonds is 5. The van der Waals surface area contributed by atoms with E-state index in [2.05, 4.69) is 10.6 Å². The van der Waals surface area contributed by atoms with Crippen LogP contribution in [0.4, 0.5) is 5.69 Å². The van der Waals surface area contributed by atoms with Crippen molar-refractivity contribution in [3.8, 4) is 0 Å². The van der Waals surface area contributed by atoms with Gasteiger partial charge in [0.05, 0.1) is 4.92 Å². The maximum absolute atomic E-state index is 10.9. The van der Waals surface area contributed by atoms with Crippen LogP contribution in [-0.2, 0) is 6.54 Å². The van der Waals surface area contributed by atoms with Gasteiger partial charge in [0.15, 0.2) is 0 Å². The molecule has 0 amide bonds. The van der Waals surface area contributed by atoms with Crippen molar-refractivity contribution in [1.82, 2.24) is 10.6 Å². The lowest BCUT2D eigenvalue weighted by Gasteiger charge is -2.23. The summed E-state index contributed by atoms with van der Waals surface area (Å²) < 4.78 is 0. The molecule has 104 valence electrons. The number of nitrogens with one attached hydrogen (secondary N) is 2. The minimum Gasteiger partial charge on any atom is -0.317 e. The average molecular weight is 263 g/mol. The van der Waals surface area contributed by atoms with Crippen LogP contribution in [0, 0.1) is 23.0 Å². The Hall–Kier alpha value is -1.46. The fourth-order valence-corrected chi connectivity index (χ4v) is 2.56. The van der Waals surface area contributed by atoms with Crippen molar-refractivity contribution in [1.29, 1.82) is 0 Å². The van der Waals surface area contributed by atoms with Gasteiger partial charge in [-0.3, -0.25) is 10.1 Å². The highest BCUT2D eigenvalue weighted by molar-refractivity contribution is 5.44. The fourth-order valence-electron chi connectivity index (χ4n) is 2.56. The van der Waals surface area contributed by atoms with Crippen LogP contribution in [0.15, 0.2) is 18.2 Å². The highest BCUT2D eigenvalue weighted by Gasteiger charge is 2.14. The Balaban J connectivity index is 1.88. The van der Waals surface area contributed by atoms with Crippen LogP contribution in [-0.4, -0.2) is 24.6 Å². The van der Waals surface area contributed by atoms with Crippen LogP contribution < -0.4 is 10.6 Å². The number of nitro benzene ring substituents is 1. The molecule has 0 saturated carbocycles. The Bertz CT molecular complexity index is 442. The summed E-state index contributed by atoms with van der Waals surface area (Å²) in [5.74, 6) is 0.722. The van der Waals surface area contributed by atoms with E-state index in [1.807, 2.05) is 13.0 Å². The van der Waals surface area contributed by atoms with Crippen LogP contribution in [0.25, 0.3) is 0 Å². The number of nitrogens with zero attached hydrogens (tertiary/aromatic N) is 1. The van der Waals surface area contributed by atoms with Gasteiger partial charge in [0.1, 0.15) is 0 Å². The summed E-state index contributed by atoms with van der Waals surface area (Å²) in [6.07, 6.45) is 2.42. The maximum atomic E-state index is 10.9. The second-order valence-electron chi connectivity index (χ2n) is 5.14. The normalized spacial score (nSPS) is 16.5. The van der Waals surface area contributed by atoms with E-state index in [4.69, 9.17) is 0 Å². The van der Waals surface area contributed by atoms with Crippen molar-refractivity contribution in [2.75, 3.05) is 19.6 Å². The standard InChI is InChI=1S/C14H21N3O2/c1-11-13(3-2-4-14(11)17(18)19)10-16-9-12-5-7-15-8-6-12/h2-4,12,15-16H,5-10H2,1H3. The van der Waals surface area contributed by atoms with Crippen molar-refractivity contribution in [3.63, 3.8) is 0 Å². The number of benzene rings is 1. The molecular weight excluding hydrogens is 242 g/mol. The maximum Gasteiger partial charge on any atom is 0.272 e. The Morgan fingerprint density at radius 2 is 2.16 bits per heavy atom. The van der Waals surface area contributed by atoms with Gasteiger partial charge >= 0.3 is 0 Å². The Labute approximate surface area is 113 Å². The topological polar surface area (TPSA) is 67.2 Å². The molecule has 1 aromatic rings. The van der Waals surface area contributed by atoms with Crippen LogP contribution in [0.5, 0.6) is 0 Å². The van der Waals surface area contributed by atoms with E-state index < -0.39 is 0 Å². The van der Waals surface area contributed by atoms with Gasteiger partial charge in [-0.15, -0.1) is 0 Å². The van der Waals surface area contributed by atoms with E-state index in [1.165, 1.54) is 12.8 Å². The molecule has 1 aromatic carbocycles. The number of nitro groups is 1. The third-order valence-corrected chi connectivity index (χ3v) is 3.82. The monoisotopic (exact) mass is 263 g/mol. The fraction of sp³-hybridized carbons (Fsp3) is 0.571. The van der Waals surface area contributed by atoms with Crippen molar-refractivity contribution in [2.24, 2.45) is 5.92 Å². The van der Waals surface area contributed by atoms with E-state index in [9.17, 15) is 10.1 Å². The first kappa shape index (κ1) is 14.0. The van der Waals surface area contributed by atoms with Crippen LogP contribution in [0.1, 0.15) is 24.0 Å². The molecule has 0 atom stereocenters. The molecule has 5 nitrogen and oxygen atoms in total. The molecule has 0 spiro atoms. The van der Waals surface area contributed by atoms with Gasteiger partial charge in [-0.2, -0.15) is 0 Å². The molecule has 0 unspecified atom stereocenters. The number of piperidine rings is 1. The molecule has 2 rings (SSSR count). The molecule has 1 heterocycles. The highest BCUT2D eigenvalue weighted by atomic mass is 16.6. The van der Waals surface area contributed by atoms with Crippen LogP contribution >= 0.6 is 0 Å². The average Bonchev–Trinajstić information content (AvgIpc) is 2.41. The summed E-state index contributed by atoms with van der Waals surface area (Å²) >= 11 is 0. The highest BCUT2D eigenvalue weighted by Crippen LogP contribution is 2.21. The van der Waals surface area contributed by atoms with E-state index in [0.717, 1.165) is 36.7 Å². The van der Waals surface area contributed by atoms with Crippen molar-refractivity contribution < 1.29 is 4.92 Å². The minimum atomic E-state index is -0.314. The molecule has 5 heteroatoms. The van der Waals surface area contributed by atoms with Crippen molar-refractivity contribution in [3.05, 3.63) is 39.4 Å². The SMILES string of the molecule is Cc1c(CNCC2CCNCC2)cccc1[N+](=O)[O-]. The summed E-state index contributed by atoms with van der Waals surface area (Å²) in [7, 11) is 0. The third kappa shape index (κ3) is 3.75. The molecule has 19 heavy (non-hydrogen) atoms. The lowest BCUT2D eigenvalue weighted by atomic mass is 9.98. The quantitative estimate of drug-likeness (QED) is 0.630. The van der Waals surface area contributed by atoms with Gasteiger partial charge in [0, 0.05) is 18.2 Å². The van der Waals surface area contributed by atoms with Gasteiger partial charge in [-0.05, 0) is 50.9 Å². The van der Waals surface area contributed by atoms with Crippen LogP contribution in [0.3, 0.4) is 0 Å². The summed E-state index contributed by atoms with van der Waals surface area (Å²) in [4.78, 5) is 10.6. The first-order valence-corrected chi connectivity index (χ1v) is 6.83. The molecular formula is C14H21N3O2. The Kier molecular flexibility index (Phi) is 4.87. The first-order chi connectivity index (χ1) is 9.18. The van der Waals surface area contributed by atoms with E-state index in [-0.39, 0.29) is 10.6 Å². The van der Waals surface area contributed by atoms with Gasteiger partial charge in [-0.25, -0.2) is 0 Å². The van der Waals surface area contributed by atoms with Crippen molar-refractivity contribution >= 4 is 5.69 Å². The molecule has 1 aliphatic heterocycles. The molecule has 1 saturated heterocycles. The smallest absolute Gasteiger partial charge is 0.272 e. The predicted molar refractivity (Wildman–Crippen MR) is 75.1 cm³/mol. The van der Waals surface area contributed by atoms with Gasteiger partial charge in [0.25, 0.3) is 5.69 Å². The number of hydrogen-bond acceptors (Lipinski definition) is 4. The Morgan fingerprint density at radius 1 is 1.42 bits per heavy atom. The molecule has 0 bridgehead atoms. The molecule has 1 fully saturated rings. The van der Waals surface area contributed by atoms with Gasteiger partial charge in [0.2, 0.25) is 0 Å². The third-order valence-electron chi connectivity index (χ3n) is 3.82. The molecule has 1 aliphatic rings. The lowest BCUT2D eigenvalue weighted by Crippen LogP contribution is -2.33. The molecule has 0 radical (unpaired) electrons. The summed E-state index contributed by atoms with van der Waals surface area (Å²) in [6, 6.07) is 5.27. The van der Waals surface area contributed by atoms with Gasteiger partial charge < -0.3 is 10.6 Å². The second kappa shape index (κ2) is 6.63. The first-order valence-electron chi connectivity index (χ1n) is 6.83. The van der Waals surface area contributed by atoms with E-state index in [0.29, 0.717) is 6.54 Å². The largest absolute Gasteiger partial charge is 0.317 e. The zero-order chi connectivity index (χ0) is 13.7. The zero-order valence-electron chi connectivity index (χ0n) is 11.3. The van der Waals surface area contributed by atoms with Gasteiger partial charge in [-0.1, -0.05) is 12.1 Å². The number of hydrogen-bond donors (Lipinski definition) is 2. The zero-order valence-corrected chi connectivity index (χ0v) is 11.3. The molecule has 0 aromatic heterocycles. The minimum absolute atomic E-state index is 0.209. The second-order valence-corrected chi connectivity index (χ2v) is 5.14. The van der Waals surface area contributed by atoms with E-state index in [1.54, 1.807) is 12.1 Å².